The van der Waals surface area contributed by atoms with Crippen molar-refractivity contribution in [2.24, 2.45) is 5.73 Å². The van der Waals surface area contributed by atoms with Gasteiger partial charge in [-0.15, -0.1) is 0 Å². The minimum Gasteiger partial charge on any atom is -0.481 e. The molecular formula is C15H24N4O9S. The van der Waals surface area contributed by atoms with Gasteiger partial charge in [0.05, 0.1) is 12.5 Å². The van der Waals surface area contributed by atoms with Crippen LogP contribution in [-0.4, -0.2) is 80.9 Å². The molecule has 0 aromatic carbocycles. The number of carboxylic acids is 3. The second kappa shape index (κ2) is 12.6. The van der Waals surface area contributed by atoms with Gasteiger partial charge in [0.2, 0.25) is 17.7 Å². The number of hydrogen-bond acceptors (Lipinski definition) is 8. The molecule has 0 aromatic heterocycles. The first-order valence-corrected chi connectivity index (χ1v) is 8.96. The Kier molecular flexibility index (Phi) is 11.3. The monoisotopic (exact) mass is 436 g/mol. The minimum absolute atomic E-state index is 0.239. The Bertz CT molecular complexity index is 658. The lowest BCUT2D eigenvalue weighted by Crippen LogP contribution is -2.57. The van der Waals surface area contributed by atoms with E-state index in [9.17, 15) is 28.8 Å². The van der Waals surface area contributed by atoms with Gasteiger partial charge in [-0.2, -0.15) is 12.6 Å². The minimum atomic E-state index is -1.61. The van der Waals surface area contributed by atoms with Gasteiger partial charge < -0.3 is 37.0 Å². The van der Waals surface area contributed by atoms with Gasteiger partial charge in [0.15, 0.2) is 0 Å². The number of nitrogens with two attached hydrogens (primary N) is 1. The van der Waals surface area contributed by atoms with E-state index in [0.29, 0.717) is 0 Å². The zero-order chi connectivity index (χ0) is 22.7. The van der Waals surface area contributed by atoms with Gasteiger partial charge >= 0.3 is 17.9 Å². The highest BCUT2D eigenvalue weighted by Crippen LogP contribution is 2.01. The van der Waals surface area contributed by atoms with E-state index in [0.717, 1.165) is 0 Å². The molecule has 164 valence electrons. The molecule has 0 radical (unpaired) electrons. The Labute approximate surface area is 170 Å². The van der Waals surface area contributed by atoms with Crippen LogP contribution in [0.15, 0.2) is 0 Å². The number of carboxylic acid groups (broad SMARTS) is 3. The van der Waals surface area contributed by atoms with Crippen molar-refractivity contribution in [2.45, 2.75) is 50.4 Å². The average molecular weight is 436 g/mol. The molecule has 13 nitrogen and oxygen atoms in total. The summed E-state index contributed by atoms with van der Waals surface area (Å²) in [4.78, 5) is 68.7. The second-order valence-electron chi connectivity index (χ2n) is 6.01. The van der Waals surface area contributed by atoms with E-state index in [1.807, 2.05) is 0 Å². The summed E-state index contributed by atoms with van der Waals surface area (Å²) in [6.45, 7) is 1.20. The average Bonchev–Trinajstić information content (AvgIpc) is 2.62. The van der Waals surface area contributed by atoms with Crippen LogP contribution in [0, 0.1) is 0 Å². The van der Waals surface area contributed by atoms with Crippen molar-refractivity contribution >= 4 is 48.3 Å². The fourth-order valence-electron chi connectivity index (χ4n) is 1.91. The van der Waals surface area contributed by atoms with Crippen molar-refractivity contribution < 1.29 is 44.1 Å². The normalized spacial score (nSPS) is 14.6. The summed E-state index contributed by atoms with van der Waals surface area (Å²) in [5, 5.41) is 32.7. The molecule has 29 heavy (non-hydrogen) atoms. The predicted molar refractivity (Wildman–Crippen MR) is 100 cm³/mol. The lowest BCUT2D eigenvalue weighted by Gasteiger charge is -2.23. The number of carbonyl (C=O) groups excluding carboxylic acids is 3. The number of rotatable bonds is 13. The first-order valence-electron chi connectivity index (χ1n) is 8.33. The highest BCUT2D eigenvalue weighted by Gasteiger charge is 2.30. The molecule has 0 heterocycles. The number of carbonyl (C=O) groups is 6. The van der Waals surface area contributed by atoms with Crippen LogP contribution in [0.25, 0.3) is 0 Å². The van der Waals surface area contributed by atoms with E-state index in [-0.39, 0.29) is 12.2 Å². The first-order chi connectivity index (χ1) is 13.4. The fraction of sp³-hybridized carbons (Fsp3) is 0.600. The van der Waals surface area contributed by atoms with Crippen molar-refractivity contribution in [3.05, 3.63) is 0 Å². The number of nitrogens with one attached hydrogen (secondary N) is 3. The largest absolute Gasteiger partial charge is 0.481 e. The molecule has 0 saturated heterocycles. The van der Waals surface area contributed by atoms with Gasteiger partial charge in [-0.1, -0.05) is 0 Å². The Morgan fingerprint density at radius 2 is 1.38 bits per heavy atom. The molecular weight excluding hydrogens is 412 g/mol. The molecule has 0 bridgehead atoms. The van der Waals surface area contributed by atoms with E-state index in [4.69, 9.17) is 21.1 Å². The molecule has 0 aromatic rings. The van der Waals surface area contributed by atoms with Gasteiger partial charge in [-0.25, -0.2) is 0 Å². The highest BCUT2D eigenvalue weighted by molar-refractivity contribution is 7.80. The van der Waals surface area contributed by atoms with Crippen LogP contribution in [0.3, 0.4) is 0 Å². The van der Waals surface area contributed by atoms with E-state index in [1.165, 1.54) is 6.92 Å². The molecule has 14 heteroatoms. The summed E-state index contributed by atoms with van der Waals surface area (Å²) in [6, 6.07) is -5.46. The Balaban J connectivity index is 5.10. The Morgan fingerprint density at radius 1 is 0.862 bits per heavy atom. The van der Waals surface area contributed by atoms with E-state index >= 15 is 0 Å². The van der Waals surface area contributed by atoms with Crippen LogP contribution in [0.2, 0.25) is 0 Å². The molecule has 3 amide bonds. The lowest BCUT2D eigenvalue weighted by atomic mass is 10.1. The molecule has 0 fully saturated rings. The van der Waals surface area contributed by atoms with Crippen LogP contribution in [0.5, 0.6) is 0 Å². The molecule has 4 atom stereocenters. The standard InChI is InChI=1S/C15H24N4O9S/c1-6(15(27)28)17-14(26)9(5-29)19-13(25)8(4-11(22)23)18-12(24)7(16)2-3-10(20)21/h6-9,29H,2-5,16H2,1H3,(H,17,26)(H,18,24)(H,19,25)(H,20,21)(H,22,23)(H,27,28). The van der Waals surface area contributed by atoms with Gasteiger partial charge in [0.25, 0.3) is 0 Å². The number of aliphatic carboxylic acids is 3. The van der Waals surface area contributed by atoms with Crippen molar-refractivity contribution in [3.63, 3.8) is 0 Å². The van der Waals surface area contributed by atoms with Gasteiger partial charge in [0, 0.05) is 12.2 Å². The molecule has 0 aliphatic rings. The third kappa shape index (κ3) is 10.3. The third-order valence-electron chi connectivity index (χ3n) is 3.56. The zero-order valence-corrected chi connectivity index (χ0v) is 16.3. The molecule has 0 saturated carbocycles. The van der Waals surface area contributed by atoms with Crippen LogP contribution < -0.4 is 21.7 Å². The molecule has 0 aliphatic carbocycles. The van der Waals surface area contributed by atoms with Crippen LogP contribution in [0.1, 0.15) is 26.2 Å². The number of hydrogen-bond donors (Lipinski definition) is 8. The van der Waals surface area contributed by atoms with Gasteiger partial charge in [-0.05, 0) is 13.3 Å². The maximum Gasteiger partial charge on any atom is 0.325 e. The first kappa shape index (κ1) is 26.1. The summed E-state index contributed by atoms with van der Waals surface area (Å²) < 4.78 is 0. The maximum absolute atomic E-state index is 12.3. The summed E-state index contributed by atoms with van der Waals surface area (Å²) in [6.07, 6.45) is -1.49. The summed E-state index contributed by atoms with van der Waals surface area (Å²) in [7, 11) is 0. The van der Waals surface area contributed by atoms with E-state index in [1.54, 1.807) is 0 Å². The predicted octanol–water partition coefficient (Wildman–Crippen LogP) is -2.86. The highest BCUT2D eigenvalue weighted by atomic mass is 32.1. The number of amides is 3. The van der Waals surface area contributed by atoms with Gasteiger partial charge in [-0.3, -0.25) is 28.8 Å². The summed E-state index contributed by atoms with van der Waals surface area (Å²) in [5.41, 5.74) is 5.52. The van der Waals surface area contributed by atoms with Crippen molar-refractivity contribution in [2.75, 3.05) is 5.75 Å². The SMILES string of the molecule is CC(NC(=O)C(CS)NC(=O)C(CC(=O)O)NC(=O)C(N)CCC(=O)O)C(=O)O. The number of thiol groups is 1. The molecule has 0 rings (SSSR count). The Morgan fingerprint density at radius 3 is 1.83 bits per heavy atom. The van der Waals surface area contributed by atoms with E-state index < -0.39 is 72.6 Å². The lowest BCUT2D eigenvalue weighted by molar-refractivity contribution is -0.142. The second-order valence-corrected chi connectivity index (χ2v) is 6.38. The maximum atomic E-state index is 12.3. The summed E-state index contributed by atoms with van der Waals surface area (Å²) in [5.74, 6) is -7.03. The van der Waals surface area contributed by atoms with E-state index in [2.05, 4.69) is 28.6 Å². The van der Waals surface area contributed by atoms with Crippen LogP contribution >= 0.6 is 12.6 Å². The van der Waals surface area contributed by atoms with Crippen LogP contribution in [-0.2, 0) is 28.8 Å². The Hall–Kier alpha value is -2.87. The molecule has 0 spiro atoms. The van der Waals surface area contributed by atoms with Crippen molar-refractivity contribution in [1.82, 2.24) is 16.0 Å². The smallest absolute Gasteiger partial charge is 0.325 e. The summed E-state index contributed by atoms with van der Waals surface area (Å²) >= 11 is 3.89. The third-order valence-corrected chi connectivity index (χ3v) is 3.93. The topological polar surface area (TPSA) is 225 Å². The molecule has 8 N–H and O–H groups in total. The van der Waals surface area contributed by atoms with Crippen molar-refractivity contribution in [1.29, 1.82) is 0 Å². The van der Waals surface area contributed by atoms with Crippen molar-refractivity contribution in [3.8, 4) is 0 Å². The molecule has 4 unspecified atom stereocenters. The fourth-order valence-corrected chi connectivity index (χ4v) is 2.17. The molecule has 0 aliphatic heterocycles. The quantitative estimate of drug-likeness (QED) is 0.138. The van der Waals surface area contributed by atoms with Gasteiger partial charge in [0.1, 0.15) is 18.1 Å². The van der Waals surface area contributed by atoms with Crippen LogP contribution in [0.4, 0.5) is 0 Å². The zero-order valence-electron chi connectivity index (χ0n) is 15.5.